The molecule has 0 radical (unpaired) electrons. The minimum Gasteiger partial charge on any atom is -0.274 e. The quantitative estimate of drug-likeness (QED) is 0.523. The third kappa shape index (κ3) is 2.02. The number of nitrogens with zero attached hydrogens (tertiary/aromatic N) is 1. The standard InChI is InChI=1S/C17H15NO2/c1-18(20-2)17(19)14-9-10-16-13(11-14)8-7-12-5-3-4-6-15(12)16/h3-11H,1-2H3. The van der Waals surface area contributed by atoms with Gasteiger partial charge in [-0.05, 0) is 33.7 Å². The lowest BCUT2D eigenvalue weighted by Crippen LogP contribution is -2.25. The molecule has 3 heteroatoms. The monoisotopic (exact) mass is 265 g/mol. The number of amides is 1. The van der Waals surface area contributed by atoms with Gasteiger partial charge in [0.25, 0.3) is 5.91 Å². The maximum absolute atomic E-state index is 12.1. The molecule has 3 nitrogen and oxygen atoms in total. The van der Waals surface area contributed by atoms with Crippen LogP contribution in [0, 0.1) is 0 Å². The van der Waals surface area contributed by atoms with E-state index < -0.39 is 0 Å². The Morgan fingerprint density at radius 3 is 2.45 bits per heavy atom. The molecule has 0 atom stereocenters. The number of hydrogen-bond donors (Lipinski definition) is 0. The van der Waals surface area contributed by atoms with Crippen LogP contribution in [0.3, 0.4) is 0 Å². The predicted octanol–water partition coefficient (Wildman–Crippen LogP) is 3.63. The van der Waals surface area contributed by atoms with Crippen LogP contribution in [0.15, 0.2) is 54.6 Å². The lowest BCUT2D eigenvalue weighted by Gasteiger charge is -2.14. The van der Waals surface area contributed by atoms with Gasteiger partial charge in [-0.15, -0.1) is 0 Å². The summed E-state index contributed by atoms with van der Waals surface area (Å²) in [5.74, 6) is -0.150. The highest BCUT2D eigenvalue weighted by Gasteiger charge is 2.12. The number of carbonyl (C=O) groups is 1. The molecule has 0 fully saturated rings. The summed E-state index contributed by atoms with van der Waals surface area (Å²) < 4.78 is 0. The maximum atomic E-state index is 12.1. The molecule has 3 rings (SSSR count). The average molecular weight is 265 g/mol. The summed E-state index contributed by atoms with van der Waals surface area (Å²) in [6.07, 6.45) is 0. The molecular formula is C17H15NO2. The van der Waals surface area contributed by atoms with Crippen LogP contribution in [0.4, 0.5) is 0 Å². The fourth-order valence-corrected chi connectivity index (χ4v) is 2.41. The van der Waals surface area contributed by atoms with Crippen LogP contribution in [-0.4, -0.2) is 25.1 Å². The van der Waals surface area contributed by atoms with Crippen LogP contribution in [0.1, 0.15) is 10.4 Å². The Morgan fingerprint density at radius 2 is 1.65 bits per heavy atom. The van der Waals surface area contributed by atoms with Crippen molar-refractivity contribution in [1.82, 2.24) is 5.06 Å². The molecule has 3 aromatic rings. The molecule has 0 aromatic heterocycles. The molecule has 0 spiro atoms. The van der Waals surface area contributed by atoms with Crippen LogP contribution in [0.25, 0.3) is 21.5 Å². The number of carbonyl (C=O) groups excluding carboxylic acids is 1. The van der Waals surface area contributed by atoms with Gasteiger partial charge in [0, 0.05) is 12.6 Å². The summed E-state index contributed by atoms with van der Waals surface area (Å²) in [4.78, 5) is 17.0. The summed E-state index contributed by atoms with van der Waals surface area (Å²) in [6, 6.07) is 18.1. The molecule has 0 bridgehead atoms. The van der Waals surface area contributed by atoms with E-state index >= 15 is 0 Å². The molecular weight excluding hydrogens is 250 g/mol. The smallest absolute Gasteiger partial charge is 0.274 e. The molecule has 0 heterocycles. The second-order valence-corrected chi connectivity index (χ2v) is 4.71. The second kappa shape index (κ2) is 4.94. The maximum Gasteiger partial charge on any atom is 0.277 e. The topological polar surface area (TPSA) is 29.5 Å². The molecule has 0 saturated carbocycles. The molecule has 1 amide bonds. The van der Waals surface area contributed by atoms with Gasteiger partial charge in [0.15, 0.2) is 0 Å². The first-order chi connectivity index (χ1) is 9.70. The number of hydrogen-bond acceptors (Lipinski definition) is 2. The summed E-state index contributed by atoms with van der Waals surface area (Å²) >= 11 is 0. The zero-order chi connectivity index (χ0) is 14.1. The molecule has 3 aromatic carbocycles. The van der Waals surface area contributed by atoms with Crippen molar-refractivity contribution >= 4 is 27.5 Å². The highest BCUT2D eigenvalue weighted by atomic mass is 16.7. The van der Waals surface area contributed by atoms with Gasteiger partial charge in [0.1, 0.15) is 0 Å². The van der Waals surface area contributed by atoms with Crippen LogP contribution < -0.4 is 0 Å². The zero-order valence-electron chi connectivity index (χ0n) is 11.5. The third-order valence-corrected chi connectivity index (χ3v) is 3.55. The van der Waals surface area contributed by atoms with E-state index in [1.165, 1.54) is 22.9 Å². The second-order valence-electron chi connectivity index (χ2n) is 4.71. The summed E-state index contributed by atoms with van der Waals surface area (Å²) in [6.45, 7) is 0. The fraction of sp³-hybridized carbons (Fsp3) is 0.118. The van der Waals surface area contributed by atoms with E-state index in [4.69, 9.17) is 4.84 Å². The Balaban J connectivity index is 2.18. The number of fused-ring (bicyclic) bond motifs is 3. The van der Waals surface area contributed by atoms with E-state index in [1.807, 2.05) is 36.4 Å². The minimum atomic E-state index is -0.150. The highest BCUT2D eigenvalue weighted by molar-refractivity contribution is 6.09. The van der Waals surface area contributed by atoms with Crippen LogP contribution in [0.2, 0.25) is 0 Å². The predicted molar refractivity (Wildman–Crippen MR) is 80.6 cm³/mol. The van der Waals surface area contributed by atoms with E-state index in [0.717, 1.165) is 10.8 Å². The Bertz CT molecular complexity index is 795. The van der Waals surface area contributed by atoms with E-state index in [9.17, 15) is 4.79 Å². The van der Waals surface area contributed by atoms with Gasteiger partial charge in [0.05, 0.1) is 7.11 Å². The highest BCUT2D eigenvalue weighted by Crippen LogP contribution is 2.26. The summed E-state index contributed by atoms with van der Waals surface area (Å²) in [5, 5.41) is 5.83. The van der Waals surface area contributed by atoms with Crippen molar-refractivity contribution in [2.24, 2.45) is 0 Å². The Hall–Kier alpha value is -2.39. The van der Waals surface area contributed by atoms with Crippen LogP contribution >= 0.6 is 0 Å². The zero-order valence-corrected chi connectivity index (χ0v) is 11.5. The van der Waals surface area contributed by atoms with Crippen molar-refractivity contribution < 1.29 is 9.63 Å². The Kier molecular flexibility index (Phi) is 3.12. The van der Waals surface area contributed by atoms with Crippen molar-refractivity contribution in [2.45, 2.75) is 0 Å². The molecule has 20 heavy (non-hydrogen) atoms. The normalized spacial score (nSPS) is 10.9. The average Bonchev–Trinajstić information content (AvgIpc) is 2.52. The van der Waals surface area contributed by atoms with Gasteiger partial charge in [-0.1, -0.05) is 42.5 Å². The van der Waals surface area contributed by atoms with Gasteiger partial charge in [-0.25, -0.2) is 5.06 Å². The molecule has 0 aliphatic carbocycles. The van der Waals surface area contributed by atoms with Crippen molar-refractivity contribution in [3.05, 3.63) is 60.2 Å². The van der Waals surface area contributed by atoms with E-state index in [-0.39, 0.29) is 5.91 Å². The summed E-state index contributed by atoms with van der Waals surface area (Å²) in [7, 11) is 3.08. The van der Waals surface area contributed by atoms with Crippen molar-refractivity contribution in [3.63, 3.8) is 0 Å². The van der Waals surface area contributed by atoms with Crippen molar-refractivity contribution in [3.8, 4) is 0 Å². The van der Waals surface area contributed by atoms with E-state index in [0.29, 0.717) is 5.56 Å². The molecule has 0 aliphatic rings. The molecule has 0 saturated heterocycles. The van der Waals surface area contributed by atoms with E-state index in [2.05, 4.69) is 18.2 Å². The molecule has 0 aliphatic heterocycles. The number of hydroxylamine groups is 2. The SMILES string of the molecule is CON(C)C(=O)c1ccc2c(ccc3ccccc32)c1. The van der Waals surface area contributed by atoms with Crippen molar-refractivity contribution in [1.29, 1.82) is 0 Å². The Labute approximate surface area is 117 Å². The molecule has 100 valence electrons. The first kappa shape index (κ1) is 12.6. The lowest BCUT2D eigenvalue weighted by molar-refractivity contribution is -0.0756. The first-order valence-corrected chi connectivity index (χ1v) is 6.44. The summed E-state index contributed by atoms with van der Waals surface area (Å²) in [5.41, 5.74) is 0.622. The lowest BCUT2D eigenvalue weighted by atomic mass is 10.00. The van der Waals surface area contributed by atoms with Gasteiger partial charge >= 0.3 is 0 Å². The van der Waals surface area contributed by atoms with Gasteiger partial charge < -0.3 is 0 Å². The third-order valence-electron chi connectivity index (χ3n) is 3.55. The first-order valence-electron chi connectivity index (χ1n) is 6.44. The largest absolute Gasteiger partial charge is 0.277 e. The van der Waals surface area contributed by atoms with Crippen LogP contribution in [0.5, 0.6) is 0 Å². The van der Waals surface area contributed by atoms with E-state index in [1.54, 1.807) is 7.05 Å². The Morgan fingerprint density at radius 1 is 0.950 bits per heavy atom. The van der Waals surface area contributed by atoms with Gasteiger partial charge in [-0.3, -0.25) is 9.63 Å². The number of benzene rings is 3. The molecule has 0 N–H and O–H groups in total. The van der Waals surface area contributed by atoms with Crippen LogP contribution in [-0.2, 0) is 4.84 Å². The molecule has 0 unspecified atom stereocenters. The van der Waals surface area contributed by atoms with Crippen molar-refractivity contribution in [2.75, 3.05) is 14.2 Å². The fourth-order valence-electron chi connectivity index (χ4n) is 2.41. The van der Waals surface area contributed by atoms with Gasteiger partial charge in [-0.2, -0.15) is 0 Å². The van der Waals surface area contributed by atoms with Gasteiger partial charge in [0.2, 0.25) is 0 Å². The minimum absolute atomic E-state index is 0.150. The number of rotatable bonds is 2.